The minimum absolute atomic E-state index is 0.0871. The number of rotatable bonds is 5. The Labute approximate surface area is 192 Å². The first kappa shape index (κ1) is 21.1. The minimum Gasteiger partial charge on any atom is -0.379 e. The van der Waals surface area contributed by atoms with Gasteiger partial charge in [-0.25, -0.2) is 9.98 Å². The molecule has 0 radical (unpaired) electrons. The fourth-order valence-electron chi connectivity index (χ4n) is 4.37. The number of carbonyl (C=O) groups excluding carboxylic acids is 1. The molecule has 3 heterocycles. The average molecular weight is 453 g/mol. The molecule has 2 aliphatic heterocycles. The van der Waals surface area contributed by atoms with Crippen LogP contribution in [-0.4, -0.2) is 66.5 Å². The summed E-state index contributed by atoms with van der Waals surface area (Å²) in [5.74, 6) is -0.0871. The number of nitrogens with zero attached hydrogens (tertiary/aromatic N) is 4. The highest BCUT2D eigenvalue weighted by atomic mass is 32.1. The lowest BCUT2D eigenvalue weighted by Crippen LogP contribution is -2.39. The summed E-state index contributed by atoms with van der Waals surface area (Å²) >= 11 is 1.84. The number of morpholine rings is 1. The van der Waals surface area contributed by atoms with Gasteiger partial charge < -0.3 is 20.3 Å². The summed E-state index contributed by atoms with van der Waals surface area (Å²) in [4.78, 5) is 27.2. The van der Waals surface area contributed by atoms with E-state index >= 15 is 0 Å². The van der Waals surface area contributed by atoms with Gasteiger partial charge in [0.2, 0.25) is 5.91 Å². The Kier molecular flexibility index (Phi) is 5.95. The average Bonchev–Trinajstić information content (AvgIpc) is 3.18. The molecule has 1 saturated heterocycles. The second-order valence-electron chi connectivity index (χ2n) is 8.31. The molecule has 8 nitrogen and oxygen atoms in total. The lowest BCUT2D eigenvalue weighted by atomic mass is 9.97. The number of aliphatic imine (C=N–C) groups is 1. The fourth-order valence-corrected chi connectivity index (χ4v) is 5.48. The third kappa shape index (κ3) is 4.41. The fraction of sp³-hybridized carbons (Fsp3) is 0.435. The van der Waals surface area contributed by atoms with Crippen LogP contribution in [0.5, 0.6) is 0 Å². The molecule has 1 atom stereocenters. The van der Waals surface area contributed by atoms with Crippen LogP contribution in [0.4, 0.5) is 11.4 Å². The number of thiazole rings is 1. The number of aromatic nitrogens is 1. The van der Waals surface area contributed by atoms with Crippen LogP contribution in [0.25, 0.3) is 5.70 Å². The van der Waals surface area contributed by atoms with Crippen molar-refractivity contribution in [3.63, 3.8) is 0 Å². The van der Waals surface area contributed by atoms with Gasteiger partial charge in [0.1, 0.15) is 10.7 Å². The molecule has 1 aromatic carbocycles. The van der Waals surface area contributed by atoms with E-state index in [2.05, 4.69) is 27.5 Å². The summed E-state index contributed by atoms with van der Waals surface area (Å²) in [5.41, 5.74) is 5.18. The summed E-state index contributed by atoms with van der Waals surface area (Å²) < 4.78 is 5.48. The number of allylic oxidation sites excluding steroid dienone is 1. The van der Waals surface area contributed by atoms with Gasteiger partial charge in [0.15, 0.2) is 6.29 Å². The van der Waals surface area contributed by atoms with E-state index < -0.39 is 0 Å². The molecule has 9 heteroatoms. The predicted molar refractivity (Wildman–Crippen MR) is 128 cm³/mol. The highest BCUT2D eigenvalue weighted by Gasteiger charge is 2.31. The number of amides is 1. The van der Waals surface area contributed by atoms with Gasteiger partial charge in [0.05, 0.1) is 25.5 Å². The molecular formula is C23H28N6O2S. The Morgan fingerprint density at radius 1 is 1.25 bits per heavy atom. The van der Waals surface area contributed by atoms with Gasteiger partial charge in [-0.15, -0.1) is 11.3 Å². The number of benzene rings is 1. The van der Waals surface area contributed by atoms with Crippen LogP contribution < -0.4 is 10.6 Å². The van der Waals surface area contributed by atoms with Gasteiger partial charge in [-0.3, -0.25) is 9.69 Å². The number of anilines is 2. The Bertz CT molecular complexity index is 1070. The van der Waals surface area contributed by atoms with Crippen molar-refractivity contribution in [2.45, 2.75) is 32.6 Å². The Balaban J connectivity index is 1.34. The van der Waals surface area contributed by atoms with Gasteiger partial charge in [0.25, 0.3) is 0 Å². The molecule has 1 aromatic heterocycles. The minimum atomic E-state index is -0.239. The van der Waals surface area contributed by atoms with Crippen LogP contribution >= 0.6 is 11.3 Å². The molecule has 0 saturated carbocycles. The molecule has 3 aliphatic rings. The lowest BCUT2D eigenvalue weighted by molar-refractivity contribution is -0.114. The third-order valence-corrected chi connectivity index (χ3v) is 7.02. The zero-order chi connectivity index (χ0) is 22.1. The Morgan fingerprint density at radius 3 is 2.88 bits per heavy atom. The quantitative estimate of drug-likeness (QED) is 0.726. The highest BCUT2D eigenvalue weighted by molar-refractivity contribution is 7.11. The third-order valence-electron chi connectivity index (χ3n) is 5.92. The van der Waals surface area contributed by atoms with E-state index in [0.29, 0.717) is 0 Å². The summed E-state index contributed by atoms with van der Waals surface area (Å²) in [5, 5.41) is 7.48. The van der Waals surface area contributed by atoms with Gasteiger partial charge in [0, 0.05) is 49.5 Å². The number of hydrogen-bond donors (Lipinski definition) is 2. The standard InChI is InChI=1S/C23H28N6O2S/c1-15(30)25-17-4-3-5-18(12-17)26-23-24-13-16-6-7-19-21(22(16)28(23)2)27-20(32-19)14-29-8-10-31-11-9-29/h3-5,12-13,23,26H,6-11,14H2,1-2H3,(H,25,30). The number of fused-ring (bicyclic) bond motifs is 2. The van der Waals surface area contributed by atoms with E-state index in [1.807, 2.05) is 41.8 Å². The van der Waals surface area contributed by atoms with Crippen molar-refractivity contribution >= 4 is 40.5 Å². The first-order valence-corrected chi connectivity index (χ1v) is 11.8. The maximum atomic E-state index is 11.4. The molecule has 0 spiro atoms. The van der Waals surface area contributed by atoms with Gasteiger partial charge in [-0.05, 0) is 36.6 Å². The molecule has 32 heavy (non-hydrogen) atoms. The van der Waals surface area contributed by atoms with Crippen LogP contribution in [0.15, 0.2) is 34.8 Å². The summed E-state index contributed by atoms with van der Waals surface area (Å²) in [6.45, 7) is 5.93. The van der Waals surface area contributed by atoms with E-state index in [0.717, 1.165) is 62.8 Å². The molecule has 5 rings (SSSR count). The topological polar surface area (TPSA) is 82.1 Å². The molecule has 1 unspecified atom stereocenters. The number of carbonyl (C=O) groups is 1. The highest BCUT2D eigenvalue weighted by Crippen LogP contribution is 2.38. The summed E-state index contributed by atoms with van der Waals surface area (Å²) in [6.07, 6.45) is 3.76. The first-order valence-electron chi connectivity index (χ1n) is 11.0. The van der Waals surface area contributed by atoms with E-state index in [1.165, 1.54) is 28.1 Å². The Morgan fingerprint density at radius 2 is 2.06 bits per heavy atom. The zero-order valence-electron chi connectivity index (χ0n) is 18.4. The normalized spacial score (nSPS) is 20.7. The van der Waals surface area contributed by atoms with Crippen molar-refractivity contribution in [1.29, 1.82) is 0 Å². The number of hydrogen-bond acceptors (Lipinski definition) is 8. The lowest BCUT2D eigenvalue weighted by Gasteiger charge is -2.35. The second kappa shape index (κ2) is 9.01. The van der Waals surface area contributed by atoms with Crippen LogP contribution in [0.3, 0.4) is 0 Å². The zero-order valence-corrected chi connectivity index (χ0v) is 19.2. The maximum absolute atomic E-state index is 11.4. The van der Waals surface area contributed by atoms with Crippen molar-refractivity contribution < 1.29 is 9.53 Å². The predicted octanol–water partition coefficient (Wildman–Crippen LogP) is 3.00. The smallest absolute Gasteiger partial charge is 0.221 e. The van der Waals surface area contributed by atoms with Gasteiger partial charge in [-0.2, -0.15) is 0 Å². The van der Waals surface area contributed by atoms with Crippen LogP contribution in [0.2, 0.25) is 0 Å². The number of ether oxygens (including phenoxy) is 1. The SMILES string of the molecule is CC(=O)Nc1cccc(NC2N=CC3=C(c4nc(CN5CCOCC5)sc4CC3)N2C)c1. The van der Waals surface area contributed by atoms with Crippen molar-refractivity contribution in [3.8, 4) is 0 Å². The van der Waals surface area contributed by atoms with E-state index in [-0.39, 0.29) is 12.2 Å². The van der Waals surface area contributed by atoms with Crippen LogP contribution in [0, 0.1) is 0 Å². The molecule has 1 fully saturated rings. The molecule has 1 aliphatic carbocycles. The van der Waals surface area contributed by atoms with E-state index in [9.17, 15) is 4.79 Å². The molecule has 2 aromatic rings. The molecule has 1 amide bonds. The van der Waals surface area contributed by atoms with Crippen LogP contribution in [0.1, 0.15) is 28.9 Å². The molecule has 0 bridgehead atoms. The molecule has 2 N–H and O–H groups in total. The van der Waals surface area contributed by atoms with E-state index in [1.54, 1.807) is 0 Å². The Hall–Kier alpha value is -2.75. The monoisotopic (exact) mass is 452 g/mol. The summed E-state index contributed by atoms with van der Waals surface area (Å²) in [6, 6.07) is 7.69. The van der Waals surface area contributed by atoms with Crippen molar-refractivity contribution in [3.05, 3.63) is 45.4 Å². The van der Waals surface area contributed by atoms with Gasteiger partial charge >= 0.3 is 0 Å². The number of nitrogens with one attached hydrogen (secondary N) is 2. The van der Waals surface area contributed by atoms with Crippen LogP contribution in [-0.2, 0) is 22.5 Å². The van der Waals surface area contributed by atoms with Crippen molar-refractivity contribution in [1.82, 2.24) is 14.8 Å². The maximum Gasteiger partial charge on any atom is 0.221 e. The van der Waals surface area contributed by atoms with Crippen molar-refractivity contribution in [2.24, 2.45) is 4.99 Å². The summed E-state index contributed by atoms with van der Waals surface area (Å²) in [7, 11) is 2.07. The molecule has 168 valence electrons. The number of aryl methyl sites for hydroxylation is 1. The molecular weight excluding hydrogens is 424 g/mol. The first-order chi connectivity index (χ1) is 15.6. The van der Waals surface area contributed by atoms with Crippen molar-refractivity contribution in [2.75, 3.05) is 44.0 Å². The van der Waals surface area contributed by atoms with Gasteiger partial charge in [-0.1, -0.05) is 6.07 Å². The largest absolute Gasteiger partial charge is 0.379 e. The van der Waals surface area contributed by atoms with E-state index in [4.69, 9.17) is 14.7 Å². The second-order valence-corrected chi connectivity index (χ2v) is 9.48.